The number of aromatic nitrogens is 4. The van der Waals surface area contributed by atoms with Gasteiger partial charge in [-0.3, -0.25) is 4.98 Å². The summed E-state index contributed by atoms with van der Waals surface area (Å²) in [5.74, 6) is -2.98. The van der Waals surface area contributed by atoms with E-state index in [1.165, 1.54) is 23.6 Å². The molecule has 0 saturated carbocycles. The van der Waals surface area contributed by atoms with Gasteiger partial charge in [0.25, 0.3) is 0 Å². The van der Waals surface area contributed by atoms with Crippen LogP contribution in [0.4, 0.5) is 0 Å². The maximum absolute atomic E-state index is 10.6. The lowest BCUT2D eigenvalue weighted by Crippen LogP contribution is -1.99. The number of hydrogen-bond donors (Lipinski definition) is 3. The lowest BCUT2D eigenvalue weighted by Gasteiger charge is -1.97. The molecule has 0 aliphatic heterocycles. The molecule has 0 saturated heterocycles. The molecule has 0 amide bonds. The number of aromatic carboxylic acids is 3. The number of pyridine rings is 4. The summed E-state index contributed by atoms with van der Waals surface area (Å²) in [5.41, 5.74) is 3.44. The minimum atomic E-state index is -0.995. The fraction of sp³-hybridized carbons (Fsp3) is 0. The van der Waals surface area contributed by atoms with Crippen LogP contribution in [-0.2, 0) is 0 Å². The monoisotopic (exact) mass is 702 g/mol. The van der Waals surface area contributed by atoms with E-state index in [0.717, 1.165) is 21.7 Å². The highest BCUT2D eigenvalue weighted by Gasteiger charge is 2.06. The largest absolute Gasteiger partial charge is 0.477 e. The number of hydrogen-bond acceptors (Lipinski definition) is 7. The Morgan fingerprint density at radius 1 is 0.353 bits per heavy atom. The van der Waals surface area contributed by atoms with Crippen molar-refractivity contribution in [2.24, 2.45) is 0 Å². The van der Waals surface area contributed by atoms with Crippen LogP contribution in [0.25, 0.3) is 43.6 Å². The van der Waals surface area contributed by atoms with Crippen molar-refractivity contribution in [3.63, 3.8) is 0 Å². The molecule has 4 heterocycles. The van der Waals surface area contributed by atoms with Gasteiger partial charge in [0.05, 0.1) is 22.1 Å². The summed E-state index contributed by atoms with van der Waals surface area (Å²) < 4.78 is 0. The topological polar surface area (TPSA) is 163 Å². The Balaban J connectivity index is 0.000000182. The van der Waals surface area contributed by atoms with Crippen molar-refractivity contribution in [1.29, 1.82) is 0 Å². The second-order valence-electron chi connectivity index (χ2n) is 10.3. The van der Waals surface area contributed by atoms with Crippen LogP contribution in [0.15, 0.2) is 152 Å². The number of fused-ring (bicyclic) bond motifs is 4. The highest BCUT2D eigenvalue weighted by molar-refractivity contribution is 5.91. The van der Waals surface area contributed by atoms with E-state index in [2.05, 4.69) is 32.1 Å². The smallest absolute Gasteiger partial charge is 0.354 e. The van der Waals surface area contributed by atoms with Crippen LogP contribution in [0, 0.1) is 0 Å². The molecule has 12 heteroatoms. The first-order chi connectivity index (χ1) is 23.8. The summed E-state index contributed by atoms with van der Waals surface area (Å²) in [4.78, 5) is 47.9. The Labute approximate surface area is 313 Å². The van der Waals surface area contributed by atoms with Crippen LogP contribution in [0.1, 0.15) is 31.5 Å². The molecule has 6 radical (unpaired) electrons. The van der Waals surface area contributed by atoms with Crippen molar-refractivity contribution in [3.8, 4) is 0 Å². The van der Waals surface area contributed by atoms with Gasteiger partial charge in [-0.1, -0.05) is 97.1 Å². The molecular formula is C39H28Al2N4O6. The Morgan fingerprint density at radius 2 is 0.627 bits per heavy atom. The summed E-state index contributed by atoms with van der Waals surface area (Å²) >= 11 is 0. The highest BCUT2D eigenvalue weighted by Crippen LogP contribution is 2.13. The average molecular weight is 703 g/mol. The van der Waals surface area contributed by atoms with Gasteiger partial charge in [-0.25, -0.2) is 29.3 Å². The molecule has 0 spiro atoms. The Kier molecular flexibility index (Phi) is 14.9. The van der Waals surface area contributed by atoms with E-state index in [1.807, 2.05) is 85.1 Å². The minimum Gasteiger partial charge on any atom is -0.477 e. The number of carboxylic acids is 3. The highest BCUT2D eigenvalue weighted by atomic mass is 27.0. The Bertz CT molecular complexity index is 2150. The molecular weight excluding hydrogens is 674 g/mol. The third kappa shape index (κ3) is 11.0. The van der Waals surface area contributed by atoms with Gasteiger partial charge in [0.15, 0.2) is 0 Å². The number of para-hydroxylation sites is 4. The van der Waals surface area contributed by atoms with E-state index in [-0.39, 0.29) is 51.8 Å². The van der Waals surface area contributed by atoms with Gasteiger partial charge in [-0.05, 0) is 48.5 Å². The average Bonchev–Trinajstić information content (AvgIpc) is 3.15. The zero-order valence-corrected chi connectivity index (χ0v) is 29.3. The van der Waals surface area contributed by atoms with Gasteiger partial charge < -0.3 is 15.3 Å². The predicted octanol–water partition coefficient (Wildman–Crippen LogP) is 7.27. The Morgan fingerprint density at radius 3 is 0.941 bits per heavy atom. The van der Waals surface area contributed by atoms with E-state index in [4.69, 9.17) is 15.3 Å². The first kappa shape index (κ1) is 39.4. The van der Waals surface area contributed by atoms with Crippen molar-refractivity contribution in [2.75, 3.05) is 0 Å². The summed E-state index contributed by atoms with van der Waals surface area (Å²) in [6.07, 6.45) is 1.81. The standard InChI is InChI=1S/3C10H7NO2.C9H7N.2Al/c3*12-10(13)9-6-5-7-3-1-2-4-8(7)11-9;1-2-6-9-8(4-1)5-3-7-10-9;;/h3*1-6H,(H,12,13);1-7H;;. The fourth-order valence-electron chi connectivity index (χ4n) is 4.57. The summed E-state index contributed by atoms with van der Waals surface area (Å²) in [6, 6.07) is 44.1. The molecule has 10 nitrogen and oxygen atoms in total. The molecule has 8 aromatic rings. The first-order valence-corrected chi connectivity index (χ1v) is 14.9. The summed E-state index contributed by atoms with van der Waals surface area (Å²) in [7, 11) is 0. The zero-order valence-electron chi connectivity index (χ0n) is 26.9. The molecule has 0 aliphatic carbocycles. The maximum Gasteiger partial charge on any atom is 0.354 e. The lowest BCUT2D eigenvalue weighted by molar-refractivity contribution is 0.0680. The predicted molar refractivity (Wildman–Crippen MR) is 199 cm³/mol. The molecule has 8 rings (SSSR count). The lowest BCUT2D eigenvalue weighted by atomic mass is 10.2. The van der Waals surface area contributed by atoms with Crippen LogP contribution in [0.3, 0.4) is 0 Å². The van der Waals surface area contributed by atoms with Gasteiger partial charge in [-0.2, -0.15) is 0 Å². The van der Waals surface area contributed by atoms with E-state index in [9.17, 15) is 14.4 Å². The van der Waals surface area contributed by atoms with Crippen molar-refractivity contribution in [2.45, 2.75) is 0 Å². The minimum absolute atomic E-state index is 0. The van der Waals surface area contributed by atoms with Crippen LogP contribution < -0.4 is 0 Å². The molecule has 246 valence electrons. The zero-order chi connectivity index (χ0) is 34.6. The second kappa shape index (κ2) is 19.3. The summed E-state index contributed by atoms with van der Waals surface area (Å²) in [6.45, 7) is 0. The van der Waals surface area contributed by atoms with Crippen molar-refractivity contribution >= 4 is 96.2 Å². The van der Waals surface area contributed by atoms with Gasteiger partial charge >= 0.3 is 17.9 Å². The van der Waals surface area contributed by atoms with Crippen LogP contribution in [0.5, 0.6) is 0 Å². The molecule has 0 aliphatic rings. The molecule has 0 unspecified atom stereocenters. The van der Waals surface area contributed by atoms with Gasteiger partial charge in [0.2, 0.25) is 0 Å². The molecule has 0 bridgehead atoms. The van der Waals surface area contributed by atoms with E-state index < -0.39 is 17.9 Å². The maximum atomic E-state index is 10.6. The number of carbonyl (C=O) groups is 3. The van der Waals surface area contributed by atoms with E-state index >= 15 is 0 Å². The van der Waals surface area contributed by atoms with Crippen molar-refractivity contribution in [3.05, 3.63) is 169 Å². The number of rotatable bonds is 3. The number of nitrogens with zero attached hydrogens (tertiary/aromatic N) is 4. The van der Waals surface area contributed by atoms with Gasteiger partial charge in [-0.15, -0.1) is 0 Å². The van der Waals surface area contributed by atoms with Crippen LogP contribution in [0.2, 0.25) is 0 Å². The van der Waals surface area contributed by atoms with E-state index in [1.54, 1.807) is 36.4 Å². The SMILES string of the molecule is O=C(O)c1ccc2ccccc2n1.O=C(O)c1ccc2ccccc2n1.O=C(O)c1ccc2ccccc2n1.[Al].[Al].c1ccc2ncccc2c1. The molecule has 3 N–H and O–H groups in total. The molecule has 0 fully saturated rings. The third-order valence-corrected chi connectivity index (χ3v) is 6.96. The molecule has 4 aromatic heterocycles. The molecule has 51 heavy (non-hydrogen) atoms. The molecule has 4 aromatic carbocycles. The van der Waals surface area contributed by atoms with Crippen molar-refractivity contribution < 1.29 is 29.7 Å². The normalized spacial score (nSPS) is 9.73. The van der Waals surface area contributed by atoms with Gasteiger partial charge in [0.1, 0.15) is 17.1 Å². The second-order valence-corrected chi connectivity index (χ2v) is 10.3. The van der Waals surface area contributed by atoms with E-state index in [0.29, 0.717) is 16.6 Å². The number of benzene rings is 4. The van der Waals surface area contributed by atoms with Crippen molar-refractivity contribution in [1.82, 2.24) is 19.9 Å². The number of carboxylic acid groups (broad SMARTS) is 3. The summed E-state index contributed by atoms with van der Waals surface area (Å²) in [5, 5.41) is 30.1. The van der Waals surface area contributed by atoms with Gasteiger partial charge in [0, 0.05) is 62.5 Å². The fourth-order valence-corrected chi connectivity index (χ4v) is 4.57. The Hall–Kier alpha value is -6.01. The third-order valence-electron chi connectivity index (χ3n) is 6.96. The molecule has 0 atom stereocenters. The van der Waals surface area contributed by atoms with Crippen LogP contribution >= 0.6 is 0 Å². The first-order valence-electron chi connectivity index (χ1n) is 14.9. The quantitative estimate of drug-likeness (QED) is 0.160. The van der Waals surface area contributed by atoms with Crippen LogP contribution in [-0.4, -0.2) is 87.9 Å².